The second-order valence-corrected chi connectivity index (χ2v) is 4.93. The van der Waals surface area contributed by atoms with Crippen LogP contribution in [-0.4, -0.2) is 5.78 Å². The molecular formula is C15H10FNOS. The molecule has 1 heterocycles. The summed E-state index contributed by atoms with van der Waals surface area (Å²) in [6, 6.07) is 9.80. The molecule has 0 bridgehead atoms. The fourth-order valence-electron chi connectivity index (χ4n) is 1.61. The summed E-state index contributed by atoms with van der Waals surface area (Å²) >= 11 is 1.29. The maximum atomic E-state index is 13.1. The van der Waals surface area contributed by atoms with E-state index in [4.69, 9.17) is 5.26 Å². The first-order chi connectivity index (χ1) is 9.11. The van der Waals surface area contributed by atoms with E-state index in [1.807, 2.05) is 6.07 Å². The minimum Gasteiger partial charge on any atom is -0.287 e. The van der Waals surface area contributed by atoms with Crippen LogP contribution in [0.25, 0.3) is 6.08 Å². The van der Waals surface area contributed by atoms with E-state index in [0.717, 1.165) is 0 Å². The van der Waals surface area contributed by atoms with Crippen molar-refractivity contribution in [1.29, 1.82) is 5.26 Å². The Morgan fingerprint density at radius 1 is 1.42 bits per heavy atom. The molecule has 0 radical (unpaired) electrons. The zero-order chi connectivity index (χ0) is 13.8. The first-order valence-electron chi connectivity index (χ1n) is 5.58. The van der Waals surface area contributed by atoms with E-state index in [1.165, 1.54) is 23.5 Å². The lowest BCUT2D eigenvalue weighted by Crippen LogP contribution is -1.99. The molecule has 94 valence electrons. The number of allylic oxidation sites excluding steroid dienone is 1. The number of rotatable bonds is 3. The van der Waals surface area contributed by atoms with Crippen LogP contribution in [0.2, 0.25) is 0 Å². The van der Waals surface area contributed by atoms with Crippen LogP contribution in [0.15, 0.2) is 41.3 Å². The number of carbonyl (C=O) groups is 1. The molecular weight excluding hydrogens is 261 g/mol. The molecule has 0 amide bonds. The van der Waals surface area contributed by atoms with Gasteiger partial charge in [0.05, 0.1) is 4.88 Å². The molecule has 0 saturated carbocycles. The normalized spacial score (nSPS) is 11.1. The second-order valence-electron chi connectivity index (χ2n) is 3.98. The van der Waals surface area contributed by atoms with Gasteiger partial charge >= 0.3 is 0 Å². The Kier molecular flexibility index (Phi) is 3.88. The number of nitriles is 1. The number of Topliss-reactive ketones (excluding diaryl/α,β-unsaturated/α-hetero) is 1. The lowest BCUT2D eigenvalue weighted by atomic mass is 10.1. The molecule has 2 rings (SSSR count). The summed E-state index contributed by atoms with van der Waals surface area (Å²) in [5.41, 5.74) is 1.17. The van der Waals surface area contributed by atoms with Crippen LogP contribution < -0.4 is 0 Å². The van der Waals surface area contributed by atoms with E-state index in [1.54, 1.807) is 36.6 Å². The smallest absolute Gasteiger partial charge is 0.213 e. The largest absolute Gasteiger partial charge is 0.287 e. The van der Waals surface area contributed by atoms with E-state index in [0.29, 0.717) is 16.0 Å². The van der Waals surface area contributed by atoms with Gasteiger partial charge < -0.3 is 0 Å². The Bertz CT molecular complexity index is 681. The molecule has 0 atom stereocenters. The monoisotopic (exact) mass is 271 g/mol. The highest BCUT2D eigenvalue weighted by Crippen LogP contribution is 2.17. The quantitative estimate of drug-likeness (QED) is 0.481. The number of aryl methyl sites for hydroxylation is 1. The first kappa shape index (κ1) is 13.2. The molecule has 0 N–H and O–H groups in total. The van der Waals surface area contributed by atoms with E-state index in [9.17, 15) is 9.18 Å². The lowest BCUT2D eigenvalue weighted by molar-refractivity contribution is 0.104. The van der Waals surface area contributed by atoms with Gasteiger partial charge in [-0.05, 0) is 47.7 Å². The van der Waals surface area contributed by atoms with Crippen LogP contribution >= 0.6 is 11.3 Å². The van der Waals surface area contributed by atoms with Crippen molar-refractivity contribution in [2.75, 3.05) is 0 Å². The summed E-state index contributed by atoms with van der Waals surface area (Å²) in [5.74, 6) is -0.611. The molecule has 2 nitrogen and oxygen atoms in total. The number of halogens is 1. The molecule has 1 aromatic carbocycles. The molecule has 0 aliphatic carbocycles. The van der Waals surface area contributed by atoms with Gasteiger partial charge in [-0.15, -0.1) is 11.3 Å². The third-order valence-electron chi connectivity index (χ3n) is 2.60. The maximum Gasteiger partial charge on any atom is 0.213 e. The summed E-state index contributed by atoms with van der Waals surface area (Å²) < 4.78 is 13.1. The van der Waals surface area contributed by atoms with Crippen LogP contribution in [0.5, 0.6) is 0 Å². The van der Waals surface area contributed by atoms with Gasteiger partial charge in [-0.2, -0.15) is 5.26 Å². The van der Waals surface area contributed by atoms with Crippen molar-refractivity contribution in [3.63, 3.8) is 0 Å². The van der Waals surface area contributed by atoms with Gasteiger partial charge in [0.1, 0.15) is 17.5 Å². The third kappa shape index (κ3) is 2.95. The lowest BCUT2D eigenvalue weighted by Gasteiger charge is -2.00. The molecule has 4 heteroatoms. The fourth-order valence-corrected chi connectivity index (χ4v) is 2.29. The zero-order valence-electron chi connectivity index (χ0n) is 10.2. The molecule has 0 aliphatic heterocycles. The van der Waals surface area contributed by atoms with Crippen LogP contribution in [0.3, 0.4) is 0 Å². The number of hydrogen-bond donors (Lipinski definition) is 0. The van der Waals surface area contributed by atoms with Crippen molar-refractivity contribution in [2.45, 2.75) is 6.92 Å². The third-order valence-corrected chi connectivity index (χ3v) is 3.47. The summed E-state index contributed by atoms with van der Waals surface area (Å²) in [4.78, 5) is 12.6. The van der Waals surface area contributed by atoms with Crippen molar-refractivity contribution in [3.8, 4) is 6.07 Å². The number of nitrogens with zero attached hydrogens (tertiary/aromatic N) is 1. The van der Waals surface area contributed by atoms with Gasteiger partial charge in [0, 0.05) is 0 Å². The molecule has 1 aromatic heterocycles. The van der Waals surface area contributed by atoms with Crippen molar-refractivity contribution in [3.05, 3.63) is 63.1 Å². The molecule has 2 aromatic rings. The molecule has 0 unspecified atom stereocenters. The first-order valence-corrected chi connectivity index (χ1v) is 6.46. The van der Waals surface area contributed by atoms with Crippen molar-refractivity contribution in [1.82, 2.24) is 0 Å². The van der Waals surface area contributed by atoms with Crippen molar-refractivity contribution in [2.24, 2.45) is 0 Å². The second kappa shape index (κ2) is 5.59. The Balaban J connectivity index is 2.37. The number of benzene rings is 1. The van der Waals surface area contributed by atoms with Crippen molar-refractivity contribution < 1.29 is 9.18 Å². The highest BCUT2D eigenvalue weighted by molar-refractivity contribution is 7.12. The van der Waals surface area contributed by atoms with Gasteiger partial charge in [0.25, 0.3) is 0 Å². The Labute approximate surface area is 114 Å². The number of hydrogen-bond acceptors (Lipinski definition) is 3. The minimum absolute atomic E-state index is 0.0495. The molecule has 0 spiro atoms. The minimum atomic E-state index is -0.306. The van der Waals surface area contributed by atoms with Gasteiger partial charge in [-0.1, -0.05) is 12.1 Å². The summed E-state index contributed by atoms with van der Waals surface area (Å²) in [5, 5.41) is 10.9. The van der Waals surface area contributed by atoms with Gasteiger partial charge in [-0.3, -0.25) is 4.79 Å². The van der Waals surface area contributed by atoms with Crippen LogP contribution in [0, 0.1) is 24.1 Å². The predicted octanol–water partition coefficient (Wildman–Crippen LogP) is 3.99. The average Bonchev–Trinajstić information content (AvgIpc) is 2.93. The molecule has 0 saturated heterocycles. The highest BCUT2D eigenvalue weighted by atomic mass is 32.1. The zero-order valence-corrected chi connectivity index (χ0v) is 11.0. The van der Waals surface area contributed by atoms with Crippen molar-refractivity contribution >= 4 is 23.2 Å². The summed E-state index contributed by atoms with van der Waals surface area (Å²) in [7, 11) is 0. The fraction of sp³-hybridized carbons (Fsp3) is 0.0667. The Morgan fingerprint density at radius 2 is 2.21 bits per heavy atom. The highest BCUT2D eigenvalue weighted by Gasteiger charge is 2.13. The van der Waals surface area contributed by atoms with E-state index in [2.05, 4.69) is 0 Å². The van der Waals surface area contributed by atoms with Crippen LogP contribution in [-0.2, 0) is 0 Å². The number of carbonyl (C=O) groups excluding carboxylic acids is 1. The summed E-state index contributed by atoms with van der Waals surface area (Å²) in [6.45, 7) is 1.64. The molecule has 0 aliphatic rings. The number of ketones is 1. The van der Waals surface area contributed by atoms with Crippen LogP contribution in [0.1, 0.15) is 20.8 Å². The van der Waals surface area contributed by atoms with E-state index >= 15 is 0 Å². The van der Waals surface area contributed by atoms with Gasteiger partial charge in [0.2, 0.25) is 5.78 Å². The van der Waals surface area contributed by atoms with E-state index < -0.39 is 0 Å². The van der Waals surface area contributed by atoms with E-state index in [-0.39, 0.29) is 17.2 Å². The Hall–Kier alpha value is -2.25. The summed E-state index contributed by atoms with van der Waals surface area (Å²) in [6.07, 6.45) is 1.48. The predicted molar refractivity (Wildman–Crippen MR) is 73.4 cm³/mol. The Morgan fingerprint density at radius 3 is 2.79 bits per heavy atom. The molecule has 19 heavy (non-hydrogen) atoms. The number of thiophene rings is 1. The topological polar surface area (TPSA) is 40.9 Å². The maximum absolute atomic E-state index is 13.1. The van der Waals surface area contributed by atoms with Gasteiger partial charge in [-0.25, -0.2) is 4.39 Å². The SMILES string of the molecule is Cc1cc(/C=C(/C#N)C(=O)c2cccs2)ccc1F. The van der Waals surface area contributed by atoms with Gasteiger partial charge in [0.15, 0.2) is 0 Å². The standard InChI is InChI=1S/C15H10FNOS/c1-10-7-11(4-5-13(10)16)8-12(9-17)15(18)14-3-2-6-19-14/h2-8H,1H3/b12-8-. The van der Waals surface area contributed by atoms with Crippen LogP contribution in [0.4, 0.5) is 4.39 Å². The average molecular weight is 271 g/mol. The molecule has 0 fully saturated rings.